The van der Waals surface area contributed by atoms with Crippen molar-refractivity contribution in [3.63, 3.8) is 0 Å². The summed E-state index contributed by atoms with van der Waals surface area (Å²) in [6, 6.07) is 2.14. The number of alkyl halides is 3. The van der Waals surface area contributed by atoms with Crippen molar-refractivity contribution in [2.45, 2.75) is 37.4 Å². The highest BCUT2D eigenvalue weighted by Crippen LogP contribution is 2.40. The predicted molar refractivity (Wildman–Crippen MR) is 126 cm³/mol. The fraction of sp³-hybridized carbons (Fsp3) is 0.478. The third kappa shape index (κ3) is 4.35. The number of fused-ring (bicyclic) bond motifs is 1. The molecule has 13 heteroatoms. The largest absolute Gasteiger partial charge is 0.493 e. The maximum Gasteiger partial charge on any atom is 0.393 e. The van der Waals surface area contributed by atoms with Crippen LogP contribution < -0.4 is 4.74 Å². The Bertz CT molecular complexity index is 1370. The van der Waals surface area contributed by atoms with Gasteiger partial charge < -0.3 is 9.47 Å². The van der Waals surface area contributed by atoms with Gasteiger partial charge in [0, 0.05) is 28.4 Å². The van der Waals surface area contributed by atoms with Gasteiger partial charge in [-0.25, -0.2) is 14.5 Å². The summed E-state index contributed by atoms with van der Waals surface area (Å²) in [5, 5.41) is 11.7. The number of thiazole rings is 1. The Balaban J connectivity index is 1.32. The van der Waals surface area contributed by atoms with Gasteiger partial charge in [0.05, 0.1) is 44.2 Å². The Morgan fingerprint density at radius 1 is 1.22 bits per heavy atom. The molecule has 36 heavy (non-hydrogen) atoms. The number of aromatic amines is 1. The number of aromatic nitrogens is 6. The number of nitrogens with one attached hydrogen (secondary N) is 1. The molecule has 6 heterocycles. The number of ether oxygens (including phenoxy) is 2. The van der Waals surface area contributed by atoms with Gasteiger partial charge in [0.2, 0.25) is 0 Å². The van der Waals surface area contributed by atoms with Crippen molar-refractivity contribution < 1.29 is 22.6 Å². The van der Waals surface area contributed by atoms with Gasteiger partial charge in [0.25, 0.3) is 0 Å². The first-order valence-corrected chi connectivity index (χ1v) is 12.5. The summed E-state index contributed by atoms with van der Waals surface area (Å²) < 4.78 is 53.1. The smallest absolute Gasteiger partial charge is 0.393 e. The van der Waals surface area contributed by atoms with E-state index in [9.17, 15) is 13.2 Å². The van der Waals surface area contributed by atoms with Gasteiger partial charge in [-0.3, -0.25) is 10.00 Å². The average Bonchev–Trinajstić information content (AvgIpc) is 3.56. The topological polar surface area (TPSA) is 93.5 Å². The summed E-state index contributed by atoms with van der Waals surface area (Å²) in [5.74, 6) is 0.741. The SMILES string of the molecule is COc1cc(-c2n[nH]c(-c3ncc(C4CCN(C5COC5)CC4)s3)c2CC(F)(F)F)cn2ncnc12. The van der Waals surface area contributed by atoms with Crippen molar-refractivity contribution in [2.24, 2.45) is 0 Å². The highest BCUT2D eigenvalue weighted by molar-refractivity contribution is 7.15. The summed E-state index contributed by atoms with van der Waals surface area (Å²) in [4.78, 5) is 12.2. The van der Waals surface area contributed by atoms with Gasteiger partial charge in [-0.15, -0.1) is 11.3 Å². The Hall–Kier alpha value is -3.03. The summed E-state index contributed by atoms with van der Waals surface area (Å²) in [5.41, 5.74) is 1.43. The van der Waals surface area contributed by atoms with Crippen molar-refractivity contribution in [1.82, 2.24) is 34.7 Å². The summed E-state index contributed by atoms with van der Waals surface area (Å²) in [7, 11) is 1.47. The first-order valence-electron chi connectivity index (χ1n) is 11.7. The van der Waals surface area contributed by atoms with Gasteiger partial charge in [0.1, 0.15) is 11.3 Å². The lowest BCUT2D eigenvalue weighted by Gasteiger charge is -2.41. The van der Waals surface area contributed by atoms with Crippen molar-refractivity contribution in [3.05, 3.63) is 35.2 Å². The van der Waals surface area contributed by atoms with E-state index in [0.717, 1.165) is 44.0 Å². The summed E-state index contributed by atoms with van der Waals surface area (Å²) >= 11 is 1.44. The highest BCUT2D eigenvalue weighted by Gasteiger charge is 2.34. The first kappa shape index (κ1) is 23.4. The highest BCUT2D eigenvalue weighted by atomic mass is 32.1. The number of halogens is 3. The molecule has 2 saturated heterocycles. The molecule has 0 unspecified atom stereocenters. The molecule has 190 valence electrons. The molecule has 2 aliphatic rings. The fourth-order valence-corrected chi connectivity index (χ4v) is 6.01. The van der Waals surface area contributed by atoms with E-state index in [-0.39, 0.29) is 11.3 Å². The molecule has 0 spiro atoms. The Kier molecular flexibility index (Phi) is 5.92. The van der Waals surface area contributed by atoms with Crippen LogP contribution in [0.4, 0.5) is 13.2 Å². The molecule has 4 aromatic heterocycles. The van der Waals surface area contributed by atoms with E-state index in [1.54, 1.807) is 18.5 Å². The van der Waals surface area contributed by atoms with E-state index in [0.29, 0.717) is 39.6 Å². The van der Waals surface area contributed by atoms with Crippen molar-refractivity contribution in [1.29, 1.82) is 0 Å². The third-order valence-corrected chi connectivity index (χ3v) is 8.06. The van der Waals surface area contributed by atoms with Gasteiger partial charge in [0.15, 0.2) is 11.4 Å². The molecule has 0 amide bonds. The molecule has 0 radical (unpaired) electrons. The molecule has 0 saturated carbocycles. The van der Waals surface area contributed by atoms with Crippen LogP contribution in [0, 0.1) is 0 Å². The number of pyridine rings is 1. The van der Waals surface area contributed by atoms with Gasteiger partial charge >= 0.3 is 6.18 Å². The zero-order valence-electron chi connectivity index (χ0n) is 19.5. The normalized spacial score (nSPS) is 18.1. The molecule has 6 rings (SSSR count). The summed E-state index contributed by atoms with van der Waals surface area (Å²) in [6.07, 6.45) is 1.19. The average molecular weight is 520 g/mol. The van der Waals surface area contributed by atoms with Crippen LogP contribution in [0.2, 0.25) is 0 Å². The molecular formula is C23H24F3N7O2S. The summed E-state index contributed by atoms with van der Waals surface area (Å²) in [6.45, 7) is 3.59. The lowest BCUT2D eigenvalue weighted by molar-refractivity contribution is -0.127. The number of rotatable bonds is 6. The number of piperidine rings is 1. The van der Waals surface area contributed by atoms with Crippen LogP contribution in [-0.2, 0) is 11.2 Å². The van der Waals surface area contributed by atoms with Crippen LogP contribution in [-0.4, -0.2) is 80.3 Å². The molecule has 9 nitrogen and oxygen atoms in total. The van der Waals surface area contributed by atoms with E-state index in [1.807, 2.05) is 0 Å². The number of hydrogen-bond acceptors (Lipinski definition) is 8. The van der Waals surface area contributed by atoms with E-state index < -0.39 is 12.6 Å². The Morgan fingerprint density at radius 2 is 2.03 bits per heavy atom. The second-order valence-corrected chi connectivity index (χ2v) is 10.2. The number of likely N-dealkylation sites (tertiary alicyclic amines) is 1. The molecule has 0 aliphatic carbocycles. The lowest BCUT2D eigenvalue weighted by atomic mass is 9.94. The molecular weight excluding hydrogens is 495 g/mol. The molecule has 2 aliphatic heterocycles. The van der Waals surface area contributed by atoms with Gasteiger partial charge in [-0.2, -0.15) is 23.4 Å². The van der Waals surface area contributed by atoms with Crippen LogP contribution in [0.25, 0.3) is 27.6 Å². The third-order valence-electron chi connectivity index (χ3n) is 6.89. The number of methoxy groups -OCH3 is 1. The van der Waals surface area contributed by atoms with Crippen molar-refractivity contribution in [3.8, 4) is 27.7 Å². The second-order valence-electron chi connectivity index (χ2n) is 9.11. The quantitative estimate of drug-likeness (QED) is 0.413. The fourth-order valence-electron chi connectivity index (χ4n) is 4.90. The van der Waals surface area contributed by atoms with Crippen LogP contribution in [0.5, 0.6) is 5.75 Å². The lowest BCUT2D eigenvalue weighted by Crippen LogP contribution is -2.51. The molecule has 0 atom stereocenters. The predicted octanol–water partition coefficient (Wildman–Crippen LogP) is 3.93. The van der Waals surface area contributed by atoms with Gasteiger partial charge in [-0.1, -0.05) is 0 Å². The minimum absolute atomic E-state index is 0.0460. The second kappa shape index (κ2) is 9.12. The van der Waals surface area contributed by atoms with Gasteiger partial charge in [-0.05, 0) is 37.9 Å². The number of hydrogen-bond donors (Lipinski definition) is 1. The first-order chi connectivity index (χ1) is 17.4. The van der Waals surface area contributed by atoms with Crippen LogP contribution in [0.1, 0.15) is 29.2 Å². The molecule has 4 aromatic rings. The van der Waals surface area contributed by atoms with E-state index in [4.69, 9.17) is 9.47 Å². The number of nitrogens with zero attached hydrogens (tertiary/aromatic N) is 6. The molecule has 1 N–H and O–H groups in total. The Morgan fingerprint density at radius 3 is 2.72 bits per heavy atom. The minimum atomic E-state index is -4.42. The molecule has 2 fully saturated rings. The van der Waals surface area contributed by atoms with Crippen LogP contribution in [0.15, 0.2) is 24.8 Å². The molecule has 0 aromatic carbocycles. The minimum Gasteiger partial charge on any atom is -0.493 e. The van der Waals surface area contributed by atoms with E-state index in [1.165, 1.54) is 29.3 Å². The van der Waals surface area contributed by atoms with E-state index in [2.05, 4.69) is 30.2 Å². The van der Waals surface area contributed by atoms with Crippen LogP contribution in [0.3, 0.4) is 0 Å². The maximum absolute atomic E-state index is 13.7. The zero-order chi connectivity index (χ0) is 24.9. The Labute approximate surface area is 208 Å². The maximum atomic E-state index is 13.7. The molecule has 0 bridgehead atoms. The zero-order valence-corrected chi connectivity index (χ0v) is 20.3. The van der Waals surface area contributed by atoms with Crippen molar-refractivity contribution in [2.75, 3.05) is 33.4 Å². The monoisotopic (exact) mass is 519 g/mol. The standard InChI is InChI=1S/C23H24F3N7O2S/c1-34-17-6-14(9-33-21(17)28-12-29-33)19-16(7-23(24,25)26)20(31-30-19)22-27-8-18(36-22)13-2-4-32(5-3-13)15-10-35-11-15/h6,8-9,12-13,15H,2-5,7,10-11H2,1H3,(H,30,31). The van der Waals surface area contributed by atoms with Crippen molar-refractivity contribution >= 4 is 17.0 Å². The van der Waals surface area contributed by atoms with E-state index >= 15 is 0 Å². The van der Waals surface area contributed by atoms with Crippen LogP contribution >= 0.6 is 11.3 Å². The number of H-pyrrole nitrogens is 1.